The molecule has 0 saturated carbocycles. The summed E-state index contributed by atoms with van der Waals surface area (Å²) in [6, 6.07) is 0. The van der Waals surface area contributed by atoms with E-state index in [9.17, 15) is 14.4 Å². The molecule has 0 aliphatic heterocycles. The summed E-state index contributed by atoms with van der Waals surface area (Å²) in [6.07, 6.45) is -2.29. The van der Waals surface area contributed by atoms with Gasteiger partial charge in [-0.3, -0.25) is 9.59 Å². The molecule has 0 aromatic carbocycles. The van der Waals surface area contributed by atoms with Gasteiger partial charge in [-0.25, -0.2) is 4.79 Å². The van der Waals surface area contributed by atoms with Gasteiger partial charge in [0, 0.05) is 0 Å². The summed E-state index contributed by atoms with van der Waals surface area (Å²) < 4.78 is 0. The molecule has 128 valence electrons. The van der Waals surface area contributed by atoms with Crippen LogP contribution in [0.1, 0.15) is 26.7 Å². The Bertz CT molecular complexity index is 427. The third kappa shape index (κ3) is 10.1. The third-order valence-electron chi connectivity index (χ3n) is 2.11. The van der Waals surface area contributed by atoms with Crippen molar-refractivity contribution >= 4 is 29.3 Å². The first-order valence-electron chi connectivity index (χ1n) is 5.27. The molecule has 0 bridgehead atoms. The van der Waals surface area contributed by atoms with Crippen LogP contribution >= 0.6 is 0 Å². The number of hydrogen-bond acceptors (Lipinski definition) is 9. The van der Waals surface area contributed by atoms with Gasteiger partial charge in [-0.15, -0.1) is 0 Å². The fraction of sp³-hybridized carbons (Fsp3) is 0.500. The van der Waals surface area contributed by atoms with Crippen molar-refractivity contribution in [3.63, 3.8) is 0 Å². The molecule has 0 spiro atoms. The Hall–Kier alpha value is -2.73. The molecule has 0 saturated heterocycles. The highest BCUT2D eigenvalue weighted by Gasteiger charge is 2.40. The van der Waals surface area contributed by atoms with Gasteiger partial charge < -0.3 is 37.0 Å². The monoisotopic (exact) mass is 325 g/mol. The second-order valence-corrected chi connectivity index (χ2v) is 3.85. The molecular formula is C10H19N3O9. The number of oxime groups is 2. The average molecular weight is 325 g/mol. The maximum Gasteiger partial charge on any atom is 0.336 e. The highest BCUT2D eigenvalue weighted by molar-refractivity contribution is 6.40. The Morgan fingerprint density at radius 2 is 1.14 bits per heavy atom. The number of hydrogen-bond donors (Lipinski definition) is 7. The lowest BCUT2D eigenvalue weighted by atomic mass is 9.96. The quantitative estimate of drug-likeness (QED) is 0.189. The first-order chi connectivity index (χ1) is 9.50. The van der Waals surface area contributed by atoms with E-state index in [0.29, 0.717) is 11.4 Å². The van der Waals surface area contributed by atoms with Crippen LogP contribution in [0, 0.1) is 0 Å². The third-order valence-corrected chi connectivity index (χ3v) is 2.11. The van der Waals surface area contributed by atoms with Crippen molar-refractivity contribution in [3.8, 4) is 0 Å². The summed E-state index contributed by atoms with van der Waals surface area (Å²) in [5.74, 6) is -5.02. The molecule has 0 fully saturated rings. The van der Waals surface area contributed by atoms with E-state index < -0.39 is 36.4 Å². The van der Waals surface area contributed by atoms with Crippen molar-refractivity contribution in [3.05, 3.63) is 0 Å². The summed E-state index contributed by atoms with van der Waals surface area (Å²) in [5.41, 5.74) is -2.11. The molecule has 0 aliphatic rings. The van der Waals surface area contributed by atoms with Gasteiger partial charge in [0.1, 0.15) is 11.4 Å². The molecule has 0 aromatic rings. The van der Waals surface area contributed by atoms with Crippen molar-refractivity contribution < 1.29 is 45.2 Å². The Morgan fingerprint density at radius 1 is 0.864 bits per heavy atom. The topological polar surface area (TPSA) is 232 Å². The van der Waals surface area contributed by atoms with E-state index in [-0.39, 0.29) is 6.15 Å². The van der Waals surface area contributed by atoms with Crippen LogP contribution in [0.3, 0.4) is 0 Å². The number of carboxylic acids is 3. The maximum atomic E-state index is 10.3. The molecule has 0 unspecified atom stereocenters. The van der Waals surface area contributed by atoms with Crippen LogP contribution in [0.5, 0.6) is 0 Å². The summed E-state index contributed by atoms with van der Waals surface area (Å²) in [7, 11) is 0. The van der Waals surface area contributed by atoms with Crippen LogP contribution in [0.25, 0.3) is 0 Å². The number of carboxylic acid groups (broad SMARTS) is 3. The SMILES string of the molecule is CC(=N\O)/C(C)=N/O.N.O=C(O)CC(O)(CC(=O)O)C(=O)O. The average Bonchev–Trinajstić information content (AvgIpc) is 2.35. The lowest BCUT2D eigenvalue weighted by molar-refractivity contribution is -0.170. The zero-order valence-corrected chi connectivity index (χ0v) is 11.9. The molecule has 22 heavy (non-hydrogen) atoms. The lowest BCUT2D eigenvalue weighted by Gasteiger charge is -2.18. The molecule has 0 aromatic heterocycles. The summed E-state index contributed by atoms with van der Waals surface area (Å²) >= 11 is 0. The van der Waals surface area contributed by atoms with Crippen molar-refractivity contribution in [2.24, 2.45) is 10.3 Å². The molecule has 0 atom stereocenters. The maximum absolute atomic E-state index is 10.3. The Morgan fingerprint density at radius 3 is 1.27 bits per heavy atom. The predicted molar refractivity (Wildman–Crippen MR) is 71.9 cm³/mol. The van der Waals surface area contributed by atoms with Gasteiger partial charge in [0.15, 0.2) is 5.60 Å². The van der Waals surface area contributed by atoms with E-state index in [0.717, 1.165) is 0 Å². The van der Waals surface area contributed by atoms with Crippen molar-refractivity contribution in [1.82, 2.24) is 6.15 Å². The van der Waals surface area contributed by atoms with Crippen molar-refractivity contribution in [1.29, 1.82) is 0 Å². The van der Waals surface area contributed by atoms with Gasteiger partial charge in [-0.05, 0) is 13.8 Å². The lowest BCUT2D eigenvalue weighted by Crippen LogP contribution is -2.42. The van der Waals surface area contributed by atoms with E-state index in [1.807, 2.05) is 0 Å². The van der Waals surface area contributed by atoms with E-state index in [2.05, 4.69) is 10.3 Å². The fourth-order valence-corrected chi connectivity index (χ4v) is 0.859. The molecular weight excluding hydrogens is 306 g/mol. The van der Waals surface area contributed by atoms with Gasteiger partial charge in [-0.2, -0.15) is 0 Å². The van der Waals surface area contributed by atoms with Gasteiger partial charge in [0.2, 0.25) is 0 Å². The van der Waals surface area contributed by atoms with E-state index >= 15 is 0 Å². The molecule has 9 N–H and O–H groups in total. The number of aliphatic hydroxyl groups is 1. The number of nitrogens with zero attached hydrogens (tertiary/aromatic N) is 2. The van der Waals surface area contributed by atoms with Crippen LogP contribution in [0.2, 0.25) is 0 Å². The van der Waals surface area contributed by atoms with Crippen LogP contribution in [-0.2, 0) is 14.4 Å². The first kappa shape index (κ1) is 24.3. The second-order valence-electron chi connectivity index (χ2n) is 3.85. The van der Waals surface area contributed by atoms with Crippen molar-refractivity contribution in [2.75, 3.05) is 0 Å². The zero-order chi connectivity index (χ0) is 17.2. The minimum absolute atomic E-state index is 0. The van der Waals surface area contributed by atoms with Crippen LogP contribution in [0.4, 0.5) is 0 Å². The van der Waals surface area contributed by atoms with Gasteiger partial charge in [-0.1, -0.05) is 10.3 Å². The Kier molecular flexibility index (Phi) is 12.1. The molecule has 0 radical (unpaired) electrons. The van der Waals surface area contributed by atoms with E-state index in [1.54, 1.807) is 0 Å². The van der Waals surface area contributed by atoms with Crippen LogP contribution in [0.15, 0.2) is 10.3 Å². The van der Waals surface area contributed by atoms with Crippen LogP contribution in [-0.4, -0.2) is 65.8 Å². The molecule has 0 aliphatic carbocycles. The predicted octanol–water partition coefficient (Wildman–Crippen LogP) is -0.400. The summed E-state index contributed by atoms with van der Waals surface area (Å²) in [6.45, 7) is 3.07. The van der Waals surface area contributed by atoms with Gasteiger partial charge in [0.25, 0.3) is 0 Å². The summed E-state index contributed by atoms with van der Waals surface area (Å²) in [4.78, 5) is 30.5. The largest absolute Gasteiger partial charge is 0.481 e. The number of aliphatic carboxylic acids is 3. The summed E-state index contributed by atoms with van der Waals surface area (Å²) in [5, 5.41) is 55.4. The van der Waals surface area contributed by atoms with E-state index in [4.69, 9.17) is 30.8 Å². The second kappa shape index (κ2) is 11.0. The molecule has 12 heteroatoms. The zero-order valence-electron chi connectivity index (χ0n) is 11.9. The molecule has 0 rings (SSSR count). The highest BCUT2D eigenvalue weighted by atomic mass is 16.4. The minimum atomic E-state index is -2.74. The normalized spacial score (nSPS) is 11.6. The van der Waals surface area contributed by atoms with Crippen molar-refractivity contribution in [2.45, 2.75) is 32.3 Å². The number of rotatable bonds is 6. The van der Waals surface area contributed by atoms with Gasteiger partial charge in [0.05, 0.1) is 12.8 Å². The van der Waals surface area contributed by atoms with Gasteiger partial charge >= 0.3 is 17.9 Å². The smallest absolute Gasteiger partial charge is 0.336 e. The molecule has 12 nitrogen and oxygen atoms in total. The Balaban J connectivity index is -0.000000348. The molecule has 0 heterocycles. The standard InChI is InChI=1S/C6H8O7.C4H8N2O2.H3N/c7-3(8)1-6(13,5(11)12)2-4(9)10;1-3(5-7)4(2)6-8;/h13H,1-2H2,(H,7,8)(H,9,10)(H,11,12);7-8H,1-2H3;1H3/b;5-3+,6-4+;. The van der Waals surface area contributed by atoms with Crippen LogP contribution < -0.4 is 6.15 Å². The highest BCUT2D eigenvalue weighted by Crippen LogP contribution is 2.15. The Labute approximate surface area is 124 Å². The molecule has 0 amide bonds. The first-order valence-corrected chi connectivity index (χ1v) is 5.27. The van der Waals surface area contributed by atoms with E-state index in [1.165, 1.54) is 13.8 Å². The minimum Gasteiger partial charge on any atom is -0.481 e. The fourth-order valence-electron chi connectivity index (χ4n) is 0.859. The number of carbonyl (C=O) groups is 3.